The molecule has 1 aromatic heterocycles. The molecule has 1 amide bonds. The molecule has 0 saturated carbocycles. The first-order valence-electron chi connectivity index (χ1n) is 10.1. The Hall–Kier alpha value is -3.79. The van der Waals surface area contributed by atoms with Gasteiger partial charge in [-0.15, -0.1) is 0 Å². The summed E-state index contributed by atoms with van der Waals surface area (Å²) < 4.78 is 1.59. The van der Waals surface area contributed by atoms with Gasteiger partial charge in [0.2, 0.25) is 5.91 Å². The fourth-order valence-corrected chi connectivity index (χ4v) is 4.38. The van der Waals surface area contributed by atoms with Gasteiger partial charge in [-0.25, -0.2) is 4.68 Å². The van der Waals surface area contributed by atoms with E-state index in [0.717, 1.165) is 16.8 Å². The molecule has 7 heteroatoms. The lowest BCUT2D eigenvalue weighted by molar-refractivity contribution is -0.111. The Morgan fingerprint density at radius 1 is 1.03 bits per heavy atom. The van der Waals surface area contributed by atoms with Gasteiger partial charge < -0.3 is 5.32 Å². The number of carbonyl (C=O) groups excluding carboxylic acids is 1. The second kappa shape index (κ2) is 10.7. The van der Waals surface area contributed by atoms with Crippen molar-refractivity contribution in [3.63, 3.8) is 0 Å². The minimum absolute atomic E-state index is 0.303. The predicted octanol–water partition coefficient (Wildman–Crippen LogP) is 6.34. The first-order valence-corrected chi connectivity index (χ1v) is 11.5. The van der Waals surface area contributed by atoms with E-state index in [1.54, 1.807) is 10.8 Å². The number of anilines is 1. The lowest BCUT2D eigenvalue weighted by Crippen LogP contribution is -2.13. The standard InChI is InChI=1S/C26H19ClN4OS/c27-23-14-8-7-11-20(23)18-33-26-22(17-28)25(31(30-26)21-12-5-2-6-13-21)29-24(32)16-15-19-9-3-1-4-10-19/h1-16H,18H2,(H,29,32)/b16-15+. The van der Waals surface area contributed by atoms with Crippen LogP contribution in [-0.2, 0) is 10.5 Å². The first-order chi connectivity index (χ1) is 16.2. The number of aromatic nitrogens is 2. The third-order valence-electron chi connectivity index (χ3n) is 4.76. The van der Waals surface area contributed by atoms with Gasteiger partial charge in [0.15, 0.2) is 5.82 Å². The molecule has 0 aliphatic heterocycles. The second-order valence-electron chi connectivity index (χ2n) is 7.00. The number of benzene rings is 3. The average molecular weight is 471 g/mol. The number of nitrogens with zero attached hydrogens (tertiary/aromatic N) is 3. The monoisotopic (exact) mass is 470 g/mol. The third kappa shape index (κ3) is 5.53. The molecular formula is C26H19ClN4OS. The van der Waals surface area contributed by atoms with Gasteiger partial charge in [-0.3, -0.25) is 4.79 Å². The van der Waals surface area contributed by atoms with Crippen molar-refractivity contribution in [1.29, 1.82) is 5.26 Å². The summed E-state index contributed by atoms with van der Waals surface area (Å²) in [5.41, 5.74) is 2.89. The van der Waals surface area contributed by atoms with Crippen LogP contribution in [0.3, 0.4) is 0 Å². The number of thioether (sulfide) groups is 1. The van der Waals surface area contributed by atoms with Crippen LogP contribution in [0.4, 0.5) is 5.82 Å². The maximum absolute atomic E-state index is 12.7. The van der Waals surface area contributed by atoms with Gasteiger partial charge in [-0.2, -0.15) is 10.4 Å². The molecule has 4 rings (SSSR count). The highest BCUT2D eigenvalue weighted by atomic mass is 35.5. The zero-order chi connectivity index (χ0) is 23.0. The van der Waals surface area contributed by atoms with Crippen LogP contribution in [0.15, 0.2) is 96.0 Å². The summed E-state index contributed by atoms with van der Waals surface area (Å²) in [4.78, 5) is 12.7. The van der Waals surface area contributed by atoms with Gasteiger partial charge in [-0.05, 0) is 35.4 Å². The Morgan fingerprint density at radius 2 is 1.70 bits per heavy atom. The van der Waals surface area contributed by atoms with Crippen LogP contribution in [0.2, 0.25) is 5.02 Å². The molecule has 0 radical (unpaired) electrons. The van der Waals surface area contributed by atoms with Gasteiger partial charge in [-0.1, -0.05) is 90.1 Å². The number of hydrogen-bond acceptors (Lipinski definition) is 4. The molecule has 162 valence electrons. The summed E-state index contributed by atoms with van der Waals surface area (Å²) in [6, 6.07) is 28.7. The molecule has 4 aromatic rings. The molecule has 3 aromatic carbocycles. The van der Waals surface area contributed by atoms with Crippen molar-refractivity contribution in [3.8, 4) is 11.8 Å². The van der Waals surface area contributed by atoms with Crippen LogP contribution in [0, 0.1) is 11.3 Å². The molecular weight excluding hydrogens is 452 g/mol. The van der Waals surface area contributed by atoms with Gasteiger partial charge >= 0.3 is 0 Å². The largest absolute Gasteiger partial charge is 0.306 e. The van der Waals surface area contributed by atoms with E-state index in [1.807, 2.05) is 84.9 Å². The topological polar surface area (TPSA) is 70.7 Å². The highest BCUT2D eigenvalue weighted by Crippen LogP contribution is 2.33. The fourth-order valence-electron chi connectivity index (χ4n) is 3.13. The van der Waals surface area contributed by atoms with E-state index >= 15 is 0 Å². The Labute approximate surface area is 201 Å². The summed E-state index contributed by atoms with van der Waals surface area (Å²) in [5.74, 6) is 0.518. The van der Waals surface area contributed by atoms with Crippen LogP contribution in [0.5, 0.6) is 0 Å². The number of amides is 1. The van der Waals surface area contributed by atoms with Crippen LogP contribution in [0.25, 0.3) is 11.8 Å². The molecule has 5 nitrogen and oxygen atoms in total. The molecule has 0 aliphatic carbocycles. The van der Waals surface area contributed by atoms with Crippen LogP contribution in [0.1, 0.15) is 16.7 Å². The molecule has 0 atom stereocenters. The number of carbonyl (C=O) groups is 1. The quantitative estimate of drug-likeness (QED) is 0.252. The number of nitrogens with one attached hydrogen (secondary N) is 1. The highest BCUT2D eigenvalue weighted by Gasteiger charge is 2.21. The van der Waals surface area contributed by atoms with Crippen LogP contribution < -0.4 is 5.32 Å². The van der Waals surface area contributed by atoms with Crippen molar-refractivity contribution >= 4 is 41.2 Å². The Bertz CT molecular complexity index is 1330. The normalized spacial score (nSPS) is 10.8. The molecule has 0 bridgehead atoms. The van der Waals surface area contributed by atoms with Gasteiger partial charge in [0.1, 0.15) is 16.7 Å². The predicted molar refractivity (Wildman–Crippen MR) is 133 cm³/mol. The van der Waals surface area contributed by atoms with E-state index in [0.29, 0.717) is 27.2 Å². The Balaban J connectivity index is 1.65. The van der Waals surface area contributed by atoms with E-state index < -0.39 is 0 Å². The lowest BCUT2D eigenvalue weighted by atomic mass is 10.2. The van der Waals surface area contributed by atoms with E-state index in [-0.39, 0.29) is 5.91 Å². The molecule has 1 N–H and O–H groups in total. The molecule has 0 saturated heterocycles. The molecule has 0 fully saturated rings. The Morgan fingerprint density at radius 3 is 2.39 bits per heavy atom. The zero-order valence-corrected chi connectivity index (χ0v) is 19.1. The minimum atomic E-state index is -0.352. The lowest BCUT2D eigenvalue weighted by Gasteiger charge is -2.07. The summed E-state index contributed by atoms with van der Waals surface area (Å²) in [6.45, 7) is 0. The summed E-state index contributed by atoms with van der Waals surface area (Å²) >= 11 is 7.68. The van der Waals surface area contributed by atoms with E-state index in [1.165, 1.54) is 17.8 Å². The van der Waals surface area contributed by atoms with Gasteiger partial charge in [0.25, 0.3) is 0 Å². The molecule has 0 aliphatic rings. The SMILES string of the molecule is N#Cc1c(SCc2ccccc2Cl)nn(-c2ccccc2)c1NC(=O)/C=C/c1ccccc1. The maximum atomic E-state index is 12.7. The summed E-state index contributed by atoms with van der Waals surface area (Å²) in [7, 11) is 0. The number of para-hydroxylation sites is 1. The average Bonchev–Trinajstić information content (AvgIpc) is 3.20. The Kier molecular flexibility index (Phi) is 7.26. The molecule has 0 unspecified atom stereocenters. The second-order valence-corrected chi connectivity index (χ2v) is 8.37. The van der Waals surface area contributed by atoms with Gasteiger partial charge in [0.05, 0.1) is 5.69 Å². The molecule has 33 heavy (non-hydrogen) atoms. The number of halogens is 1. The minimum Gasteiger partial charge on any atom is -0.306 e. The zero-order valence-electron chi connectivity index (χ0n) is 17.5. The number of hydrogen-bond donors (Lipinski definition) is 1. The van der Waals surface area contributed by atoms with Crippen molar-refractivity contribution in [1.82, 2.24) is 9.78 Å². The van der Waals surface area contributed by atoms with Crippen molar-refractivity contribution in [3.05, 3.63) is 113 Å². The van der Waals surface area contributed by atoms with Crippen LogP contribution >= 0.6 is 23.4 Å². The maximum Gasteiger partial charge on any atom is 0.249 e. The number of nitriles is 1. The van der Waals surface area contributed by atoms with Crippen molar-refractivity contribution in [2.75, 3.05) is 5.32 Å². The van der Waals surface area contributed by atoms with Crippen molar-refractivity contribution in [2.45, 2.75) is 10.8 Å². The first kappa shape index (κ1) is 22.4. The van der Waals surface area contributed by atoms with E-state index in [4.69, 9.17) is 11.6 Å². The van der Waals surface area contributed by atoms with Crippen molar-refractivity contribution in [2.24, 2.45) is 0 Å². The van der Waals surface area contributed by atoms with Crippen molar-refractivity contribution < 1.29 is 4.79 Å². The van der Waals surface area contributed by atoms with Crippen LogP contribution in [-0.4, -0.2) is 15.7 Å². The van der Waals surface area contributed by atoms with Gasteiger partial charge in [0, 0.05) is 16.9 Å². The summed E-state index contributed by atoms with van der Waals surface area (Å²) in [6.07, 6.45) is 3.16. The smallest absolute Gasteiger partial charge is 0.249 e. The molecule has 0 spiro atoms. The van der Waals surface area contributed by atoms with E-state index in [2.05, 4.69) is 16.5 Å². The highest BCUT2D eigenvalue weighted by molar-refractivity contribution is 7.98. The number of rotatable bonds is 7. The summed E-state index contributed by atoms with van der Waals surface area (Å²) in [5, 5.41) is 18.6. The molecule has 1 heterocycles. The third-order valence-corrected chi connectivity index (χ3v) is 6.14. The fraction of sp³-hybridized carbons (Fsp3) is 0.0385. The van der Waals surface area contributed by atoms with E-state index in [9.17, 15) is 10.1 Å².